The average Bonchev–Trinajstić information content (AvgIpc) is 3.91. The molecule has 0 aliphatic rings. The van der Waals surface area contributed by atoms with Crippen molar-refractivity contribution in [3.63, 3.8) is 0 Å². The summed E-state index contributed by atoms with van der Waals surface area (Å²) in [4.78, 5) is 15.9. The van der Waals surface area contributed by atoms with Gasteiger partial charge >= 0.3 is 0 Å². The van der Waals surface area contributed by atoms with Crippen LogP contribution in [0.5, 0.6) is 0 Å². The van der Waals surface area contributed by atoms with Gasteiger partial charge in [0.25, 0.3) is 0 Å². The third-order valence-corrected chi connectivity index (χ3v) is 12.6. The van der Waals surface area contributed by atoms with Gasteiger partial charge in [0.2, 0.25) is 0 Å². The van der Waals surface area contributed by atoms with Gasteiger partial charge < -0.3 is 8.98 Å². The van der Waals surface area contributed by atoms with Crippen molar-refractivity contribution in [3.8, 4) is 62.1 Å². The van der Waals surface area contributed by atoms with E-state index in [1.54, 1.807) is 0 Å². The maximum Gasteiger partial charge on any atom is 0.167 e. The molecular weight excluding hydrogens is 781 g/mol. The fourth-order valence-corrected chi connectivity index (χ4v) is 9.46. The second-order valence-corrected chi connectivity index (χ2v) is 16.4. The highest BCUT2D eigenvalue weighted by Gasteiger charge is 2.23. The molecule has 0 N–H and O–H groups in total. The summed E-state index contributed by atoms with van der Waals surface area (Å²) in [7, 11) is 0. The van der Waals surface area contributed by atoms with Crippen molar-refractivity contribution >= 4 is 65.3 Å². The molecule has 13 aromatic rings. The van der Waals surface area contributed by atoms with Gasteiger partial charge in [-0.2, -0.15) is 0 Å². The third kappa shape index (κ3) is 5.90. The molecule has 0 saturated carbocycles. The van der Waals surface area contributed by atoms with E-state index >= 15 is 0 Å². The van der Waals surface area contributed by atoms with Crippen LogP contribution in [0.3, 0.4) is 0 Å². The number of hydrogen-bond acceptors (Lipinski definition) is 4. The van der Waals surface area contributed by atoms with E-state index in [-0.39, 0.29) is 0 Å². The summed E-state index contributed by atoms with van der Waals surface area (Å²) in [5, 5.41) is 8.98. The molecule has 0 fully saturated rings. The van der Waals surface area contributed by atoms with Gasteiger partial charge in [0.05, 0.1) is 16.6 Å². The van der Waals surface area contributed by atoms with Crippen LogP contribution in [0.4, 0.5) is 0 Å². The molecule has 0 unspecified atom stereocenters. The van der Waals surface area contributed by atoms with Crippen molar-refractivity contribution < 1.29 is 4.42 Å². The van der Waals surface area contributed by atoms with E-state index in [9.17, 15) is 0 Å². The molecule has 0 aliphatic heterocycles. The van der Waals surface area contributed by atoms with Crippen LogP contribution in [0.1, 0.15) is 0 Å². The minimum atomic E-state index is 0.528. The van der Waals surface area contributed by atoms with Crippen molar-refractivity contribution in [1.29, 1.82) is 0 Å². The van der Waals surface area contributed by atoms with Crippen LogP contribution in [0.2, 0.25) is 0 Å². The van der Waals surface area contributed by atoms with Gasteiger partial charge in [0.1, 0.15) is 11.2 Å². The molecular formula is C59H36N4O. The molecule has 5 heteroatoms. The number of hydrogen-bond donors (Lipinski definition) is 0. The number of aromatic nitrogens is 4. The molecule has 10 aromatic carbocycles. The summed E-state index contributed by atoms with van der Waals surface area (Å²) in [6.45, 7) is 0. The molecule has 0 bridgehead atoms. The lowest BCUT2D eigenvalue weighted by Gasteiger charge is -2.13. The lowest BCUT2D eigenvalue weighted by Crippen LogP contribution is -2.02. The van der Waals surface area contributed by atoms with E-state index in [4.69, 9.17) is 19.4 Å². The van der Waals surface area contributed by atoms with Gasteiger partial charge in [-0.25, -0.2) is 15.0 Å². The Balaban J connectivity index is 1.09. The zero-order valence-corrected chi connectivity index (χ0v) is 34.5. The number of fused-ring (bicyclic) bond motifs is 9. The Bertz CT molecular complexity index is 3830. The Morgan fingerprint density at radius 3 is 1.47 bits per heavy atom. The Labute approximate surface area is 368 Å². The summed E-state index contributed by atoms with van der Waals surface area (Å²) < 4.78 is 9.45. The van der Waals surface area contributed by atoms with Gasteiger partial charge in [-0.1, -0.05) is 182 Å². The molecule has 0 saturated heterocycles. The minimum Gasteiger partial charge on any atom is -0.455 e. The number of rotatable bonds is 6. The third-order valence-electron chi connectivity index (χ3n) is 12.6. The molecule has 0 aliphatic carbocycles. The zero-order valence-electron chi connectivity index (χ0n) is 34.5. The molecule has 0 radical (unpaired) electrons. The first-order chi connectivity index (χ1) is 31.7. The van der Waals surface area contributed by atoms with Crippen LogP contribution in [0.25, 0.3) is 127 Å². The molecule has 298 valence electrons. The Morgan fingerprint density at radius 2 is 0.812 bits per heavy atom. The molecule has 3 heterocycles. The van der Waals surface area contributed by atoms with Crippen molar-refractivity contribution in [2.45, 2.75) is 0 Å². The van der Waals surface area contributed by atoms with Gasteiger partial charge in [-0.3, -0.25) is 0 Å². The first kappa shape index (κ1) is 36.0. The largest absolute Gasteiger partial charge is 0.455 e. The quantitative estimate of drug-likeness (QED) is 0.168. The van der Waals surface area contributed by atoms with Crippen molar-refractivity contribution in [1.82, 2.24) is 19.5 Å². The van der Waals surface area contributed by atoms with Gasteiger partial charge in [-0.05, 0) is 74.8 Å². The standard InChI is InChI=1S/C59H36N4O/c1-3-13-37(14-4-1)39-23-27-42(28-24-39)57-60-58(43-29-25-40(26-30-43)38-15-5-2-6-16-38)62-59(61-57)52-36-46(35-51-49-32-31-41-17-9-10-20-47(41)55(49)64-56(51)52)63-53-22-12-11-21-48(53)50-33-44-18-7-8-19-45(44)34-54(50)63/h1-36H. The van der Waals surface area contributed by atoms with E-state index < -0.39 is 0 Å². The lowest BCUT2D eigenvalue weighted by molar-refractivity contribution is 0.673. The van der Waals surface area contributed by atoms with E-state index in [2.05, 4.69) is 211 Å². The van der Waals surface area contributed by atoms with Crippen LogP contribution in [0.15, 0.2) is 223 Å². The Kier molecular flexibility index (Phi) is 8.15. The molecule has 13 rings (SSSR count). The average molecular weight is 817 g/mol. The number of nitrogens with zero attached hydrogens (tertiary/aromatic N) is 4. The SMILES string of the molecule is c1ccc(-c2ccc(-c3nc(-c4ccc(-c5ccccc5)cc4)nc(-c4cc(-n5c6ccccc6c6cc7ccccc7cc65)cc5c4oc4c6ccccc6ccc54)n3)cc2)cc1. The highest BCUT2D eigenvalue weighted by Crippen LogP contribution is 2.43. The number of para-hydroxylation sites is 1. The Hall–Kier alpha value is -8.67. The second kappa shape index (κ2) is 14.5. The predicted molar refractivity (Wildman–Crippen MR) is 264 cm³/mol. The molecule has 0 spiro atoms. The first-order valence-corrected chi connectivity index (χ1v) is 21.6. The fourth-order valence-electron chi connectivity index (χ4n) is 9.46. The molecule has 5 nitrogen and oxygen atoms in total. The van der Waals surface area contributed by atoms with Crippen molar-refractivity contribution in [3.05, 3.63) is 218 Å². The summed E-state index contributed by atoms with van der Waals surface area (Å²) in [5.74, 6) is 1.69. The summed E-state index contributed by atoms with van der Waals surface area (Å²) >= 11 is 0. The highest BCUT2D eigenvalue weighted by molar-refractivity contribution is 6.18. The summed E-state index contributed by atoms with van der Waals surface area (Å²) in [6.07, 6.45) is 0. The van der Waals surface area contributed by atoms with Crippen LogP contribution in [-0.2, 0) is 0 Å². The second-order valence-electron chi connectivity index (χ2n) is 16.4. The maximum atomic E-state index is 7.07. The molecule has 0 amide bonds. The molecule has 3 aromatic heterocycles. The van der Waals surface area contributed by atoms with Crippen LogP contribution >= 0.6 is 0 Å². The zero-order chi connectivity index (χ0) is 42.1. The van der Waals surface area contributed by atoms with E-state index in [0.29, 0.717) is 17.5 Å². The number of furan rings is 1. The fraction of sp³-hybridized carbons (Fsp3) is 0. The van der Waals surface area contributed by atoms with E-state index in [1.165, 1.54) is 21.5 Å². The lowest BCUT2D eigenvalue weighted by atomic mass is 10.0. The monoisotopic (exact) mass is 816 g/mol. The maximum absolute atomic E-state index is 7.07. The first-order valence-electron chi connectivity index (χ1n) is 21.6. The number of benzene rings is 10. The van der Waals surface area contributed by atoms with E-state index in [1.807, 2.05) is 12.1 Å². The summed E-state index contributed by atoms with van der Waals surface area (Å²) in [6, 6.07) is 76.9. The summed E-state index contributed by atoms with van der Waals surface area (Å²) in [5.41, 5.74) is 11.9. The van der Waals surface area contributed by atoms with Gasteiger partial charge in [0, 0.05) is 43.7 Å². The van der Waals surface area contributed by atoms with Crippen molar-refractivity contribution in [2.24, 2.45) is 0 Å². The highest BCUT2D eigenvalue weighted by atomic mass is 16.3. The molecule has 0 atom stereocenters. The van der Waals surface area contributed by atoms with Crippen molar-refractivity contribution in [2.75, 3.05) is 0 Å². The van der Waals surface area contributed by atoms with Crippen LogP contribution in [-0.4, -0.2) is 19.5 Å². The van der Waals surface area contributed by atoms with Gasteiger partial charge in [0.15, 0.2) is 17.5 Å². The topological polar surface area (TPSA) is 56.7 Å². The smallest absolute Gasteiger partial charge is 0.167 e. The molecule has 64 heavy (non-hydrogen) atoms. The Morgan fingerprint density at radius 1 is 0.297 bits per heavy atom. The normalized spacial score (nSPS) is 11.8. The van der Waals surface area contributed by atoms with Crippen LogP contribution in [0, 0.1) is 0 Å². The van der Waals surface area contributed by atoms with Gasteiger partial charge in [-0.15, -0.1) is 0 Å². The van der Waals surface area contributed by atoms with Crippen LogP contribution < -0.4 is 0 Å². The predicted octanol–water partition coefficient (Wildman–Crippen LogP) is 15.5. The minimum absolute atomic E-state index is 0.528. The van der Waals surface area contributed by atoms with E-state index in [0.717, 1.165) is 88.4 Å².